The van der Waals surface area contributed by atoms with Crippen molar-refractivity contribution < 1.29 is 31.5 Å². The van der Waals surface area contributed by atoms with E-state index in [1.165, 1.54) is 24.6 Å². The van der Waals surface area contributed by atoms with E-state index in [-0.39, 0.29) is 18.2 Å². The molecular formula is C23H23F5N6O2S. The minimum atomic E-state index is -4.59. The fourth-order valence-electron chi connectivity index (χ4n) is 4.16. The number of carbonyl (C=O) groups is 1. The molecule has 0 bridgehead atoms. The van der Waals surface area contributed by atoms with E-state index in [1.54, 1.807) is 26.0 Å². The van der Waals surface area contributed by atoms with Gasteiger partial charge in [0.1, 0.15) is 11.4 Å². The van der Waals surface area contributed by atoms with E-state index >= 15 is 0 Å². The standard InChI is InChI=1S/C23H23F5N6O2S/c1-12-6-22(24,25)11-34(17(12)10-32-21-30-7-14(8-31-21)23(26,27)28)20(35)18-19(37-13(2)33-18)16-5-4-15(36-3)9-29-16/h4-5,7-9,12,17H,6,10-11H2,1-3H3,(H,30,31,32)/t12-,17?/m1/s1. The lowest BCUT2D eigenvalue weighted by Gasteiger charge is -2.43. The zero-order valence-corrected chi connectivity index (χ0v) is 20.8. The lowest BCUT2D eigenvalue weighted by Crippen LogP contribution is -2.57. The summed E-state index contributed by atoms with van der Waals surface area (Å²) in [6.07, 6.45) is -2.31. The third-order valence-corrected chi connectivity index (χ3v) is 6.92. The Labute approximate surface area is 212 Å². The van der Waals surface area contributed by atoms with Gasteiger partial charge in [-0.15, -0.1) is 11.3 Å². The number of amides is 1. The van der Waals surface area contributed by atoms with E-state index in [2.05, 4.69) is 25.3 Å². The molecule has 0 aromatic carbocycles. The quantitative estimate of drug-likeness (QED) is 0.442. The van der Waals surface area contributed by atoms with Gasteiger partial charge in [0.05, 0.1) is 47.0 Å². The van der Waals surface area contributed by atoms with Crippen LogP contribution in [0.5, 0.6) is 5.75 Å². The van der Waals surface area contributed by atoms with E-state index in [0.717, 1.165) is 4.90 Å². The van der Waals surface area contributed by atoms with E-state index in [1.807, 2.05) is 0 Å². The van der Waals surface area contributed by atoms with Gasteiger partial charge < -0.3 is 15.0 Å². The van der Waals surface area contributed by atoms with Gasteiger partial charge in [-0.3, -0.25) is 9.78 Å². The topological polar surface area (TPSA) is 93.1 Å². The van der Waals surface area contributed by atoms with E-state index in [4.69, 9.17) is 4.74 Å². The smallest absolute Gasteiger partial charge is 0.419 e. The van der Waals surface area contributed by atoms with Crippen LogP contribution in [0.3, 0.4) is 0 Å². The number of thiazole rings is 1. The molecule has 1 amide bonds. The van der Waals surface area contributed by atoms with Crippen LogP contribution in [-0.4, -0.2) is 62.9 Å². The summed E-state index contributed by atoms with van der Waals surface area (Å²) in [6.45, 7) is 2.41. The summed E-state index contributed by atoms with van der Waals surface area (Å²) in [6, 6.07) is 2.59. The maximum absolute atomic E-state index is 14.6. The number of nitrogens with zero attached hydrogens (tertiary/aromatic N) is 5. The van der Waals surface area contributed by atoms with Gasteiger partial charge in [-0.05, 0) is 25.0 Å². The molecule has 3 aromatic rings. The van der Waals surface area contributed by atoms with Crippen molar-refractivity contribution >= 4 is 23.2 Å². The summed E-state index contributed by atoms with van der Waals surface area (Å²) in [7, 11) is 1.49. The number of nitrogens with one attached hydrogen (secondary N) is 1. The first-order valence-corrected chi connectivity index (χ1v) is 12.0. The van der Waals surface area contributed by atoms with Crippen molar-refractivity contribution in [3.63, 3.8) is 0 Å². The number of halogens is 5. The fraction of sp³-hybridized carbons (Fsp3) is 0.435. The predicted molar refractivity (Wildman–Crippen MR) is 126 cm³/mol. The van der Waals surface area contributed by atoms with Crippen LogP contribution >= 0.6 is 11.3 Å². The van der Waals surface area contributed by atoms with E-state index < -0.39 is 48.5 Å². The number of methoxy groups -OCH3 is 1. The number of aryl methyl sites for hydroxylation is 1. The Bertz CT molecular complexity index is 1250. The maximum Gasteiger partial charge on any atom is 0.419 e. The number of carbonyl (C=O) groups excluding carboxylic acids is 1. The van der Waals surface area contributed by atoms with Crippen LogP contribution in [0.1, 0.15) is 34.4 Å². The molecule has 37 heavy (non-hydrogen) atoms. The highest BCUT2D eigenvalue weighted by molar-refractivity contribution is 7.15. The first kappa shape index (κ1) is 26.6. The van der Waals surface area contributed by atoms with Gasteiger partial charge in [-0.1, -0.05) is 6.92 Å². The van der Waals surface area contributed by atoms with Gasteiger partial charge >= 0.3 is 6.18 Å². The number of rotatable bonds is 6. The van der Waals surface area contributed by atoms with Gasteiger partial charge in [0.25, 0.3) is 11.8 Å². The van der Waals surface area contributed by atoms with Crippen molar-refractivity contribution in [1.29, 1.82) is 0 Å². The molecule has 1 unspecified atom stereocenters. The van der Waals surface area contributed by atoms with Gasteiger partial charge in [0.15, 0.2) is 0 Å². The number of ether oxygens (including phenoxy) is 1. The molecule has 0 radical (unpaired) electrons. The van der Waals surface area contributed by atoms with Crippen LogP contribution in [0, 0.1) is 12.8 Å². The summed E-state index contributed by atoms with van der Waals surface area (Å²) in [4.78, 5) is 31.1. The molecule has 1 aliphatic heterocycles. The van der Waals surface area contributed by atoms with Gasteiger partial charge in [0.2, 0.25) is 5.95 Å². The van der Waals surface area contributed by atoms with Crippen LogP contribution in [0.4, 0.5) is 27.9 Å². The van der Waals surface area contributed by atoms with Crippen molar-refractivity contribution in [3.05, 3.63) is 47.0 Å². The summed E-state index contributed by atoms with van der Waals surface area (Å²) >= 11 is 1.21. The lowest BCUT2D eigenvalue weighted by molar-refractivity contribution is -0.138. The molecule has 1 saturated heterocycles. The fourth-order valence-corrected chi connectivity index (χ4v) is 5.04. The predicted octanol–water partition coefficient (Wildman–Crippen LogP) is 4.93. The number of anilines is 1. The molecule has 4 heterocycles. The Kier molecular flexibility index (Phi) is 7.31. The highest BCUT2D eigenvalue weighted by Crippen LogP contribution is 2.37. The number of alkyl halides is 5. The minimum absolute atomic E-state index is 0.000784. The van der Waals surface area contributed by atoms with Crippen molar-refractivity contribution in [3.8, 4) is 16.3 Å². The SMILES string of the molecule is COc1ccc(-c2sc(C)nc2C(=O)N2CC(F)(F)C[C@@H](C)C2CNc2ncc(C(F)(F)F)cn2)nc1. The zero-order chi connectivity index (χ0) is 27.0. The Morgan fingerprint density at radius 3 is 2.51 bits per heavy atom. The number of piperidine rings is 1. The second-order valence-electron chi connectivity index (χ2n) is 8.71. The van der Waals surface area contributed by atoms with Crippen LogP contribution in [0.2, 0.25) is 0 Å². The number of aromatic nitrogens is 4. The first-order chi connectivity index (χ1) is 17.4. The Morgan fingerprint density at radius 2 is 1.92 bits per heavy atom. The summed E-state index contributed by atoms with van der Waals surface area (Å²) in [5.74, 6) is -4.06. The molecular weight excluding hydrogens is 519 g/mol. The van der Waals surface area contributed by atoms with Crippen LogP contribution in [0.25, 0.3) is 10.6 Å². The molecule has 2 atom stereocenters. The second kappa shape index (κ2) is 10.1. The first-order valence-electron chi connectivity index (χ1n) is 11.2. The number of hydrogen-bond donors (Lipinski definition) is 1. The molecule has 14 heteroatoms. The third-order valence-electron chi connectivity index (χ3n) is 5.93. The van der Waals surface area contributed by atoms with Crippen LogP contribution < -0.4 is 10.1 Å². The van der Waals surface area contributed by atoms with E-state index in [0.29, 0.717) is 33.7 Å². The molecule has 198 valence electrons. The monoisotopic (exact) mass is 542 g/mol. The summed E-state index contributed by atoms with van der Waals surface area (Å²) < 4.78 is 72.7. The van der Waals surface area contributed by atoms with Crippen molar-refractivity contribution in [2.24, 2.45) is 5.92 Å². The van der Waals surface area contributed by atoms with Gasteiger partial charge in [-0.2, -0.15) is 13.2 Å². The molecule has 0 aliphatic carbocycles. The molecule has 1 aliphatic rings. The largest absolute Gasteiger partial charge is 0.495 e. The highest BCUT2D eigenvalue weighted by atomic mass is 32.1. The van der Waals surface area contributed by atoms with Crippen molar-refractivity contribution in [2.75, 3.05) is 25.5 Å². The molecule has 4 rings (SSSR count). The molecule has 1 N–H and O–H groups in total. The average Bonchev–Trinajstić information content (AvgIpc) is 3.23. The number of hydrogen-bond acceptors (Lipinski definition) is 8. The Morgan fingerprint density at radius 1 is 1.22 bits per heavy atom. The second-order valence-corrected chi connectivity index (χ2v) is 9.91. The zero-order valence-electron chi connectivity index (χ0n) is 20.0. The summed E-state index contributed by atoms with van der Waals surface area (Å²) in [5.41, 5.74) is -0.570. The highest BCUT2D eigenvalue weighted by Gasteiger charge is 2.47. The van der Waals surface area contributed by atoms with Gasteiger partial charge in [0, 0.05) is 25.4 Å². The molecule has 3 aromatic heterocycles. The maximum atomic E-state index is 14.6. The lowest BCUT2D eigenvalue weighted by atomic mass is 9.88. The van der Waals surface area contributed by atoms with E-state index in [9.17, 15) is 26.7 Å². The molecule has 1 fully saturated rings. The van der Waals surface area contributed by atoms with Crippen molar-refractivity contribution in [1.82, 2.24) is 24.8 Å². The normalized spacial score (nSPS) is 19.5. The number of likely N-dealkylation sites (tertiary alicyclic amines) is 1. The Balaban J connectivity index is 1.60. The third kappa shape index (κ3) is 5.95. The van der Waals surface area contributed by atoms with Crippen LogP contribution in [-0.2, 0) is 6.18 Å². The van der Waals surface area contributed by atoms with Crippen LogP contribution in [0.15, 0.2) is 30.7 Å². The van der Waals surface area contributed by atoms with Gasteiger partial charge in [-0.25, -0.2) is 23.7 Å². The minimum Gasteiger partial charge on any atom is -0.495 e. The molecule has 0 saturated carbocycles. The molecule has 8 nitrogen and oxygen atoms in total. The molecule has 0 spiro atoms. The number of pyridine rings is 1. The van der Waals surface area contributed by atoms with Crippen molar-refractivity contribution in [2.45, 2.75) is 38.4 Å². The summed E-state index contributed by atoms with van der Waals surface area (Å²) in [5, 5.41) is 3.34. The average molecular weight is 543 g/mol. The Hall–Kier alpha value is -3.42.